The molecule has 0 amide bonds. The van der Waals surface area contributed by atoms with Crippen LogP contribution in [0.3, 0.4) is 0 Å². The minimum absolute atomic E-state index is 0.0124. The summed E-state index contributed by atoms with van der Waals surface area (Å²) in [6, 6.07) is 14.6. The summed E-state index contributed by atoms with van der Waals surface area (Å²) in [6.07, 6.45) is 0. The lowest BCUT2D eigenvalue weighted by molar-refractivity contribution is 0.0921. The Kier molecular flexibility index (Phi) is 5.16. The number of anilines is 1. The van der Waals surface area contributed by atoms with Crippen LogP contribution in [0.5, 0.6) is 5.75 Å². The van der Waals surface area contributed by atoms with Gasteiger partial charge in [-0.3, -0.25) is 4.79 Å². The van der Waals surface area contributed by atoms with Gasteiger partial charge in [0.15, 0.2) is 12.4 Å². The molecule has 0 N–H and O–H groups in total. The number of rotatable bonds is 5. The zero-order chi connectivity index (χ0) is 16.1. The number of carbonyl (C=O) groups is 1. The summed E-state index contributed by atoms with van der Waals surface area (Å²) >= 11 is 5.81. The number of carbonyl (C=O) groups excluding carboxylic acids is 1. The van der Waals surface area contributed by atoms with E-state index in [1.165, 1.54) is 0 Å². The van der Waals surface area contributed by atoms with Gasteiger partial charge in [0.1, 0.15) is 5.75 Å². The van der Waals surface area contributed by atoms with Crippen LogP contribution in [0.25, 0.3) is 0 Å². The normalized spacial score (nSPS) is 14.6. The molecule has 3 rings (SSSR count). The Morgan fingerprint density at radius 2 is 1.70 bits per heavy atom. The third-order valence-electron chi connectivity index (χ3n) is 3.75. The van der Waals surface area contributed by atoms with Crippen molar-refractivity contribution in [1.29, 1.82) is 0 Å². The van der Waals surface area contributed by atoms with Gasteiger partial charge in [-0.15, -0.1) is 0 Å². The molecule has 1 aliphatic heterocycles. The van der Waals surface area contributed by atoms with Gasteiger partial charge in [-0.2, -0.15) is 0 Å². The molecule has 120 valence electrons. The average molecular weight is 332 g/mol. The zero-order valence-electron chi connectivity index (χ0n) is 12.7. The van der Waals surface area contributed by atoms with Crippen LogP contribution in [0, 0.1) is 0 Å². The second-order valence-corrected chi connectivity index (χ2v) is 5.75. The maximum atomic E-state index is 12.1. The standard InChI is InChI=1S/C18H18ClNO3/c19-15-3-1-14(2-4-15)18(21)13-23-17-7-5-16(6-8-17)20-9-11-22-12-10-20/h1-8H,9-13H2. The molecule has 1 heterocycles. The van der Waals surface area contributed by atoms with Crippen molar-refractivity contribution in [3.63, 3.8) is 0 Å². The Morgan fingerprint density at radius 3 is 2.35 bits per heavy atom. The number of hydrogen-bond acceptors (Lipinski definition) is 4. The van der Waals surface area contributed by atoms with Crippen molar-refractivity contribution in [1.82, 2.24) is 0 Å². The molecule has 5 heteroatoms. The van der Waals surface area contributed by atoms with E-state index in [9.17, 15) is 4.79 Å². The summed E-state index contributed by atoms with van der Waals surface area (Å²) in [6.45, 7) is 3.32. The summed E-state index contributed by atoms with van der Waals surface area (Å²) in [5.74, 6) is 0.614. The highest BCUT2D eigenvalue weighted by molar-refractivity contribution is 6.30. The lowest BCUT2D eigenvalue weighted by Crippen LogP contribution is -2.36. The van der Waals surface area contributed by atoms with E-state index in [1.807, 2.05) is 24.3 Å². The molecule has 0 unspecified atom stereocenters. The van der Waals surface area contributed by atoms with E-state index < -0.39 is 0 Å². The number of ketones is 1. The van der Waals surface area contributed by atoms with Crippen molar-refractivity contribution in [2.45, 2.75) is 0 Å². The summed E-state index contributed by atoms with van der Waals surface area (Å²) in [4.78, 5) is 14.3. The number of benzene rings is 2. The van der Waals surface area contributed by atoms with Crippen LogP contribution in [-0.2, 0) is 4.74 Å². The van der Waals surface area contributed by atoms with Crippen LogP contribution in [0.2, 0.25) is 5.02 Å². The molecule has 2 aromatic carbocycles. The van der Waals surface area contributed by atoms with Crippen molar-refractivity contribution < 1.29 is 14.3 Å². The Balaban J connectivity index is 1.55. The molecule has 0 aliphatic carbocycles. The Morgan fingerprint density at radius 1 is 1.04 bits per heavy atom. The molecule has 2 aromatic rings. The highest BCUT2D eigenvalue weighted by Gasteiger charge is 2.11. The minimum atomic E-state index is -0.0704. The van der Waals surface area contributed by atoms with Crippen LogP contribution >= 0.6 is 11.6 Å². The molecule has 0 aromatic heterocycles. The van der Waals surface area contributed by atoms with Crippen molar-refractivity contribution in [3.05, 3.63) is 59.1 Å². The number of morpholine rings is 1. The molecule has 0 bridgehead atoms. The van der Waals surface area contributed by atoms with Crippen LogP contribution in [-0.4, -0.2) is 38.7 Å². The average Bonchev–Trinajstić information content (AvgIpc) is 2.61. The Labute approximate surface area is 140 Å². The number of halogens is 1. The first kappa shape index (κ1) is 15.8. The maximum Gasteiger partial charge on any atom is 0.200 e. The highest BCUT2D eigenvalue weighted by atomic mass is 35.5. The summed E-state index contributed by atoms with van der Waals surface area (Å²) in [5.41, 5.74) is 1.74. The molecular formula is C18H18ClNO3. The van der Waals surface area contributed by atoms with E-state index >= 15 is 0 Å². The first-order valence-corrected chi connectivity index (χ1v) is 7.94. The van der Waals surface area contributed by atoms with Gasteiger partial charge in [0.25, 0.3) is 0 Å². The fraction of sp³-hybridized carbons (Fsp3) is 0.278. The molecule has 1 saturated heterocycles. The summed E-state index contributed by atoms with van der Waals surface area (Å²) in [5, 5.41) is 0.612. The van der Waals surface area contributed by atoms with Gasteiger partial charge in [0.2, 0.25) is 0 Å². The van der Waals surface area contributed by atoms with E-state index in [2.05, 4.69) is 4.90 Å². The third kappa shape index (κ3) is 4.24. The minimum Gasteiger partial charge on any atom is -0.485 e. The fourth-order valence-electron chi connectivity index (χ4n) is 2.44. The molecule has 4 nitrogen and oxygen atoms in total. The zero-order valence-corrected chi connectivity index (χ0v) is 13.5. The smallest absolute Gasteiger partial charge is 0.200 e. The topological polar surface area (TPSA) is 38.8 Å². The predicted octanol–water partition coefficient (Wildman–Crippen LogP) is 3.44. The molecule has 1 fully saturated rings. The van der Waals surface area contributed by atoms with E-state index in [4.69, 9.17) is 21.1 Å². The van der Waals surface area contributed by atoms with Crippen molar-refractivity contribution >= 4 is 23.1 Å². The first-order valence-electron chi connectivity index (χ1n) is 7.57. The SMILES string of the molecule is O=C(COc1ccc(N2CCOCC2)cc1)c1ccc(Cl)cc1. The highest BCUT2D eigenvalue weighted by Crippen LogP contribution is 2.20. The van der Waals surface area contributed by atoms with Crippen LogP contribution < -0.4 is 9.64 Å². The lowest BCUT2D eigenvalue weighted by Gasteiger charge is -2.28. The molecule has 0 radical (unpaired) electrons. The molecule has 1 aliphatic rings. The van der Waals surface area contributed by atoms with E-state index in [0.717, 1.165) is 32.0 Å². The van der Waals surface area contributed by atoms with Crippen LogP contribution in [0.15, 0.2) is 48.5 Å². The fourth-order valence-corrected chi connectivity index (χ4v) is 2.57. The van der Waals surface area contributed by atoms with E-state index in [-0.39, 0.29) is 12.4 Å². The molecule has 0 saturated carbocycles. The quantitative estimate of drug-likeness (QED) is 0.787. The van der Waals surface area contributed by atoms with Gasteiger partial charge < -0.3 is 14.4 Å². The molecular weight excluding hydrogens is 314 g/mol. The molecule has 0 atom stereocenters. The summed E-state index contributed by atoms with van der Waals surface area (Å²) < 4.78 is 10.9. The Bertz CT molecular complexity index is 649. The second kappa shape index (κ2) is 7.49. The van der Waals surface area contributed by atoms with Gasteiger partial charge in [-0.05, 0) is 48.5 Å². The second-order valence-electron chi connectivity index (χ2n) is 5.31. The number of ether oxygens (including phenoxy) is 2. The van der Waals surface area contributed by atoms with Gasteiger partial charge in [-0.1, -0.05) is 11.6 Å². The van der Waals surface area contributed by atoms with Crippen LogP contribution in [0.4, 0.5) is 5.69 Å². The number of Topliss-reactive ketones (excluding diaryl/α,β-unsaturated/α-hetero) is 1. The van der Waals surface area contributed by atoms with E-state index in [1.54, 1.807) is 24.3 Å². The largest absolute Gasteiger partial charge is 0.485 e. The Hall–Kier alpha value is -2.04. The summed E-state index contributed by atoms with van der Waals surface area (Å²) in [7, 11) is 0. The van der Waals surface area contributed by atoms with Gasteiger partial charge >= 0.3 is 0 Å². The van der Waals surface area contributed by atoms with Gasteiger partial charge in [0.05, 0.1) is 13.2 Å². The van der Waals surface area contributed by atoms with Crippen molar-refractivity contribution in [2.75, 3.05) is 37.8 Å². The van der Waals surface area contributed by atoms with Crippen molar-refractivity contribution in [3.8, 4) is 5.75 Å². The van der Waals surface area contributed by atoms with Gasteiger partial charge in [-0.25, -0.2) is 0 Å². The van der Waals surface area contributed by atoms with Crippen LogP contribution in [0.1, 0.15) is 10.4 Å². The predicted molar refractivity (Wildman–Crippen MR) is 90.8 cm³/mol. The lowest BCUT2D eigenvalue weighted by atomic mass is 10.1. The number of nitrogens with zero attached hydrogens (tertiary/aromatic N) is 1. The number of hydrogen-bond donors (Lipinski definition) is 0. The van der Waals surface area contributed by atoms with Gasteiger partial charge in [0, 0.05) is 29.4 Å². The first-order chi connectivity index (χ1) is 11.2. The molecule has 23 heavy (non-hydrogen) atoms. The van der Waals surface area contributed by atoms with Crippen molar-refractivity contribution in [2.24, 2.45) is 0 Å². The molecule has 0 spiro atoms. The van der Waals surface area contributed by atoms with E-state index in [0.29, 0.717) is 16.3 Å². The maximum absolute atomic E-state index is 12.1. The third-order valence-corrected chi connectivity index (χ3v) is 4.00. The monoisotopic (exact) mass is 331 g/mol.